The Kier molecular flexibility index (Phi) is 5.25. The first kappa shape index (κ1) is 14.7. The van der Waals surface area contributed by atoms with E-state index in [1.807, 2.05) is 0 Å². The van der Waals surface area contributed by atoms with E-state index in [2.05, 4.69) is 31.8 Å². The lowest BCUT2D eigenvalue weighted by atomic mass is 10.3. The van der Waals surface area contributed by atoms with Crippen molar-refractivity contribution in [3.63, 3.8) is 0 Å². The quantitative estimate of drug-likeness (QED) is 0.782. The van der Waals surface area contributed by atoms with E-state index < -0.39 is 5.97 Å². The highest BCUT2D eigenvalue weighted by atomic mass is 16.5. The van der Waals surface area contributed by atoms with Crippen LogP contribution in [-0.4, -0.2) is 66.8 Å². The molecular weight excluding hydrogens is 260 g/mol. The van der Waals surface area contributed by atoms with Gasteiger partial charge in [0, 0.05) is 31.9 Å². The van der Waals surface area contributed by atoms with E-state index in [-0.39, 0.29) is 11.9 Å². The van der Waals surface area contributed by atoms with Gasteiger partial charge in [-0.05, 0) is 13.0 Å². The predicted molar refractivity (Wildman–Crippen MR) is 73.7 cm³/mol. The molecule has 0 amide bonds. The summed E-state index contributed by atoms with van der Waals surface area (Å²) in [5, 5.41) is 3.27. The van der Waals surface area contributed by atoms with Gasteiger partial charge in [-0.1, -0.05) is 0 Å². The summed E-state index contributed by atoms with van der Waals surface area (Å²) in [4.78, 5) is 21.7. The Balaban J connectivity index is 1.89. The number of carbonyl (C=O) groups excluding carboxylic acids is 1. The maximum Gasteiger partial charge on any atom is 0.376 e. The molecular formula is C13H20N4O3. The van der Waals surface area contributed by atoms with E-state index in [1.54, 1.807) is 12.3 Å². The lowest BCUT2D eigenvalue weighted by Crippen LogP contribution is -2.42. The van der Waals surface area contributed by atoms with Gasteiger partial charge in [-0.2, -0.15) is 0 Å². The number of methoxy groups -OCH3 is 1. The number of carbonyl (C=O) groups is 1. The average Bonchev–Trinajstić information content (AvgIpc) is 2.47. The number of hydrogen-bond donors (Lipinski definition) is 1. The second kappa shape index (κ2) is 7.16. The third-order valence-electron chi connectivity index (χ3n) is 3.05. The SMILES string of the molecule is COC(=O)c1nccc(NC(C)CN2CCOCC2)n1. The summed E-state index contributed by atoms with van der Waals surface area (Å²) in [6, 6.07) is 1.95. The van der Waals surface area contributed by atoms with Crippen LogP contribution in [0.2, 0.25) is 0 Å². The van der Waals surface area contributed by atoms with Gasteiger partial charge in [0.1, 0.15) is 5.82 Å². The van der Waals surface area contributed by atoms with Gasteiger partial charge < -0.3 is 14.8 Å². The summed E-state index contributed by atoms with van der Waals surface area (Å²) >= 11 is 0. The second-order valence-electron chi connectivity index (χ2n) is 4.72. The normalized spacial score (nSPS) is 17.5. The van der Waals surface area contributed by atoms with Crippen LogP contribution < -0.4 is 5.32 Å². The minimum Gasteiger partial charge on any atom is -0.463 e. The van der Waals surface area contributed by atoms with E-state index in [1.165, 1.54) is 7.11 Å². The zero-order valence-corrected chi connectivity index (χ0v) is 11.8. The van der Waals surface area contributed by atoms with E-state index in [0.29, 0.717) is 5.82 Å². The highest BCUT2D eigenvalue weighted by Gasteiger charge is 2.15. The van der Waals surface area contributed by atoms with Crippen molar-refractivity contribution >= 4 is 11.8 Å². The van der Waals surface area contributed by atoms with Crippen molar-refractivity contribution in [2.45, 2.75) is 13.0 Å². The third kappa shape index (κ3) is 4.14. The number of anilines is 1. The van der Waals surface area contributed by atoms with Crippen LogP contribution in [0.3, 0.4) is 0 Å². The molecule has 0 radical (unpaired) electrons. The number of rotatable bonds is 5. The highest BCUT2D eigenvalue weighted by Crippen LogP contribution is 2.07. The molecule has 0 aliphatic carbocycles. The van der Waals surface area contributed by atoms with Gasteiger partial charge in [0.15, 0.2) is 0 Å². The predicted octanol–water partition coefficient (Wildman–Crippen LogP) is 0.396. The van der Waals surface area contributed by atoms with Crippen molar-refractivity contribution in [1.29, 1.82) is 0 Å². The summed E-state index contributed by atoms with van der Waals surface area (Å²) in [5.41, 5.74) is 0. The van der Waals surface area contributed by atoms with Gasteiger partial charge >= 0.3 is 5.97 Å². The van der Waals surface area contributed by atoms with Crippen LogP contribution in [-0.2, 0) is 9.47 Å². The molecule has 1 fully saturated rings. The van der Waals surface area contributed by atoms with Gasteiger partial charge in [0.25, 0.3) is 0 Å². The highest BCUT2D eigenvalue weighted by molar-refractivity contribution is 5.85. The average molecular weight is 280 g/mol. The molecule has 1 aromatic rings. The molecule has 0 bridgehead atoms. The molecule has 1 N–H and O–H groups in total. The number of esters is 1. The van der Waals surface area contributed by atoms with Crippen LogP contribution in [0.4, 0.5) is 5.82 Å². The van der Waals surface area contributed by atoms with Gasteiger partial charge in [0.2, 0.25) is 5.82 Å². The first-order valence-corrected chi connectivity index (χ1v) is 6.67. The molecule has 7 nitrogen and oxygen atoms in total. The number of nitrogens with one attached hydrogen (secondary N) is 1. The molecule has 1 atom stereocenters. The van der Waals surface area contributed by atoms with Crippen molar-refractivity contribution < 1.29 is 14.3 Å². The first-order valence-electron chi connectivity index (χ1n) is 6.67. The minimum absolute atomic E-state index is 0.0658. The second-order valence-corrected chi connectivity index (χ2v) is 4.72. The minimum atomic E-state index is -0.533. The summed E-state index contributed by atoms with van der Waals surface area (Å²) < 4.78 is 9.92. The zero-order valence-electron chi connectivity index (χ0n) is 11.8. The standard InChI is InChI=1S/C13H20N4O3/c1-10(9-17-5-7-20-8-6-17)15-11-3-4-14-12(16-11)13(18)19-2/h3-4,10H,5-9H2,1-2H3,(H,14,15,16). The smallest absolute Gasteiger partial charge is 0.376 e. The number of morpholine rings is 1. The van der Waals surface area contributed by atoms with Crippen molar-refractivity contribution in [3.05, 3.63) is 18.1 Å². The molecule has 2 rings (SSSR count). The topological polar surface area (TPSA) is 76.6 Å². The van der Waals surface area contributed by atoms with Crippen LogP contribution in [0.5, 0.6) is 0 Å². The number of ether oxygens (including phenoxy) is 2. The van der Waals surface area contributed by atoms with Gasteiger partial charge in [-0.25, -0.2) is 14.8 Å². The Morgan fingerprint density at radius 3 is 3.00 bits per heavy atom. The summed E-state index contributed by atoms with van der Waals surface area (Å²) in [6.45, 7) is 6.45. The van der Waals surface area contributed by atoms with Crippen LogP contribution in [0.15, 0.2) is 12.3 Å². The Morgan fingerprint density at radius 1 is 1.55 bits per heavy atom. The summed E-state index contributed by atoms with van der Waals surface area (Å²) in [7, 11) is 1.31. The Morgan fingerprint density at radius 2 is 2.30 bits per heavy atom. The zero-order chi connectivity index (χ0) is 14.4. The number of hydrogen-bond acceptors (Lipinski definition) is 7. The van der Waals surface area contributed by atoms with Crippen LogP contribution >= 0.6 is 0 Å². The molecule has 20 heavy (non-hydrogen) atoms. The molecule has 110 valence electrons. The number of aromatic nitrogens is 2. The first-order chi connectivity index (χ1) is 9.69. The van der Waals surface area contributed by atoms with E-state index >= 15 is 0 Å². The van der Waals surface area contributed by atoms with Crippen molar-refractivity contribution in [3.8, 4) is 0 Å². The summed E-state index contributed by atoms with van der Waals surface area (Å²) in [6.07, 6.45) is 1.54. The van der Waals surface area contributed by atoms with Crippen molar-refractivity contribution in [2.75, 3.05) is 45.3 Å². The molecule has 1 unspecified atom stereocenters. The van der Waals surface area contributed by atoms with E-state index in [0.717, 1.165) is 32.8 Å². The lowest BCUT2D eigenvalue weighted by molar-refractivity contribution is 0.0368. The molecule has 1 aromatic heterocycles. The molecule has 1 aliphatic heterocycles. The van der Waals surface area contributed by atoms with Crippen molar-refractivity contribution in [2.24, 2.45) is 0 Å². The molecule has 7 heteroatoms. The molecule has 1 aliphatic rings. The molecule has 0 spiro atoms. The van der Waals surface area contributed by atoms with Gasteiger partial charge in [-0.3, -0.25) is 4.90 Å². The fraction of sp³-hybridized carbons (Fsp3) is 0.615. The summed E-state index contributed by atoms with van der Waals surface area (Å²) in [5.74, 6) is 0.159. The maximum absolute atomic E-state index is 11.4. The Bertz CT molecular complexity index is 449. The Hall–Kier alpha value is -1.73. The van der Waals surface area contributed by atoms with Gasteiger partial charge in [-0.15, -0.1) is 0 Å². The van der Waals surface area contributed by atoms with Crippen LogP contribution in [0.1, 0.15) is 17.5 Å². The Labute approximate surface area is 118 Å². The fourth-order valence-corrected chi connectivity index (χ4v) is 2.10. The molecule has 2 heterocycles. The van der Waals surface area contributed by atoms with E-state index in [4.69, 9.17) is 4.74 Å². The van der Waals surface area contributed by atoms with Crippen LogP contribution in [0, 0.1) is 0 Å². The van der Waals surface area contributed by atoms with E-state index in [9.17, 15) is 4.79 Å². The molecule has 1 saturated heterocycles. The molecule has 0 saturated carbocycles. The lowest BCUT2D eigenvalue weighted by Gasteiger charge is -2.29. The monoisotopic (exact) mass is 280 g/mol. The largest absolute Gasteiger partial charge is 0.463 e. The van der Waals surface area contributed by atoms with Crippen LogP contribution in [0.25, 0.3) is 0 Å². The van der Waals surface area contributed by atoms with Crippen molar-refractivity contribution in [1.82, 2.24) is 14.9 Å². The van der Waals surface area contributed by atoms with Gasteiger partial charge in [0.05, 0.1) is 20.3 Å². The fourth-order valence-electron chi connectivity index (χ4n) is 2.10. The molecule has 0 aromatic carbocycles. The maximum atomic E-state index is 11.4. The number of nitrogens with zero attached hydrogens (tertiary/aromatic N) is 3. The third-order valence-corrected chi connectivity index (χ3v) is 3.05.